The second-order valence-electron chi connectivity index (χ2n) is 16.3. The van der Waals surface area contributed by atoms with Gasteiger partial charge in [-0.1, -0.05) is 192 Å². The van der Waals surface area contributed by atoms with E-state index in [0.717, 1.165) is 77.2 Å². The maximum atomic E-state index is 15.6. The number of aryl methyl sites for hydroxylation is 4. The molecule has 0 saturated heterocycles. The lowest BCUT2D eigenvalue weighted by molar-refractivity contribution is -0.124. The van der Waals surface area contributed by atoms with E-state index < -0.39 is 0 Å². The SMILES string of the molecule is Cc1ccc(CN2C(=O)C3=C(c4ccc(-c5ccc(C)cc5)c5ccccc45)N(Cc4ccc(C)cc4)C(=O)C3=C2c2ccc(-c3ccc(C)cc3)c3ccccc23)cc1. The monoisotopic (exact) mass is 776 g/mol. The molecule has 0 atom stereocenters. The van der Waals surface area contributed by atoms with Crippen molar-refractivity contribution >= 4 is 44.8 Å². The molecule has 290 valence electrons. The van der Waals surface area contributed by atoms with Gasteiger partial charge in [-0.15, -0.1) is 0 Å². The van der Waals surface area contributed by atoms with E-state index in [0.29, 0.717) is 35.6 Å². The Morgan fingerprint density at radius 2 is 0.617 bits per heavy atom. The van der Waals surface area contributed by atoms with Crippen LogP contribution in [-0.2, 0) is 22.7 Å². The van der Waals surface area contributed by atoms with Gasteiger partial charge in [-0.3, -0.25) is 9.59 Å². The number of carbonyl (C=O) groups excluding carboxylic acids is 2. The van der Waals surface area contributed by atoms with Crippen molar-refractivity contribution in [3.05, 3.63) is 226 Å². The molecule has 10 rings (SSSR count). The molecule has 2 aliphatic heterocycles. The molecule has 2 amide bonds. The molecular formula is C56H44N2O2. The number of amides is 2. The molecule has 0 fully saturated rings. The second-order valence-corrected chi connectivity index (χ2v) is 16.3. The zero-order valence-electron chi connectivity index (χ0n) is 34.3. The van der Waals surface area contributed by atoms with Gasteiger partial charge in [0, 0.05) is 11.1 Å². The molecule has 0 aromatic heterocycles. The van der Waals surface area contributed by atoms with Gasteiger partial charge >= 0.3 is 0 Å². The highest BCUT2D eigenvalue weighted by molar-refractivity contribution is 6.32. The van der Waals surface area contributed by atoms with Gasteiger partial charge in [0.2, 0.25) is 0 Å². The predicted molar refractivity (Wildman–Crippen MR) is 246 cm³/mol. The molecule has 0 N–H and O–H groups in total. The fourth-order valence-corrected chi connectivity index (χ4v) is 8.99. The molecule has 0 radical (unpaired) electrons. The molecule has 8 aromatic carbocycles. The second kappa shape index (κ2) is 14.8. The van der Waals surface area contributed by atoms with E-state index in [1.165, 1.54) is 11.1 Å². The molecule has 2 heterocycles. The molecule has 0 spiro atoms. The summed E-state index contributed by atoms with van der Waals surface area (Å²) in [7, 11) is 0. The number of benzene rings is 8. The van der Waals surface area contributed by atoms with Crippen LogP contribution in [0.1, 0.15) is 44.5 Å². The van der Waals surface area contributed by atoms with Crippen molar-refractivity contribution in [1.82, 2.24) is 9.80 Å². The van der Waals surface area contributed by atoms with E-state index in [9.17, 15) is 0 Å². The molecule has 0 unspecified atom stereocenters. The van der Waals surface area contributed by atoms with Crippen LogP contribution in [-0.4, -0.2) is 21.6 Å². The summed E-state index contributed by atoms with van der Waals surface area (Å²) in [6.07, 6.45) is 0. The highest BCUT2D eigenvalue weighted by Crippen LogP contribution is 2.50. The quantitative estimate of drug-likeness (QED) is 0.154. The van der Waals surface area contributed by atoms with Crippen LogP contribution in [0.3, 0.4) is 0 Å². The minimum absolute atomic E-state index is 0.172. The zero-order valence-corrected chi connectivity index (χ0v) is 34.3. The first-order valence-corrected chi connectivity index (χ1v) is 20.7. The van der Waals surface area contributed by atoms with Gasteiger partial charge in [-0.2, -0.15) is 0 Å². The Morgan fingerprint density at radius 1 is 0.333 bits per heavy atom. The van der Waals surface area contributed by atoms with E-state index in [1.54, 1.807) is 0 Å². The summed E-state index contributed by atoms with van der Waals surface area (Å²) in [5.41, 5.74) is 15.0. The minimum Gasteiger partial charge on any atom is -0.302 e. The van der Waals surface area contributed by atoms with Gasteiger partial charge in [0.1, 0.15) is 0 Å². The van der Waals surface area contributed by atoms with E-state index >= 15 is 9.59 Å². The number of carbonyl (C=O) groups is 2. The van der Waals surface area contributed by atoms with Gasteiger partial charge < -0.3 is 9.80 Å². The molecule has 0 bridgehead atoms. The van der Waals surface area contributed by atoms with Crippen molar-refractivity contribution in [3.8, 4) is 22.3 Å². The van der Waals surface area contributed by atoms with Crippen molar-refractivity contribution in [1.29, 1.82) is 0 Å². The Labute approximate surface area is 351 Å². The van der Waals surface area contributed by atoms with Gasteiger partial charge in [0.15, 0.2) is 0 Å². The van der Waals surface area contributed by atoms with Crippen LogP contribution in [0, 0.1) is 27.7 Å². The number of nitrogens with zero attached hydrogens (tertiary/aromatic N) is 2. The smallest absolute Gasteiger partial charge is 0.261 e. The molecule has 4 heteroatoms. The number of fused-ring (bicyclic) bond motifs is 3. The Bertz CT molecular complexity index is 2870. The molecule has 0 aliphatic carbocycles. The van der Waals surface area contributed by atoms with Crippen LogP contribution < -0.4 is 0 Å². The minimum atomic E-state index is -0.172. The molecule has 8 aromatic rings. The van der Waals surface area contributed by atoms with Crippen LogP contribution >= 0.6 is 0 Å². The largest absolute Gasteiger partial charge is 0.302 e. The standard InChI is InChI=1S/C56H44N2O2/c1-35-13-21-39(22-14-35)33-57-53(49-31-29-43(41-25-17-37(3)18-26-41)45-9-5-7-11-47(45)49)51-52(55(57)59)54(58(56(51)60)34-40-23-15-36(2)16-24-40)50-32-30-44(42-27-19-38(4)20-28-42)46-10-6-8-12-48(46)50/h5-32H,33-34H2,1-4H3. The summed E-state index contributed by atoms with van der Waals surface area (Å²) < 4.78 is 0. The van der Waals surface area contributed by atoms with E-state index in [2.05, 4.69) is 185 Å². The first kappa shape index (κ1) is 37.0. The highest BCUT2D eigenvalue weighted by atomic mass is 16.2. The van der Waals surface area contributed by atoms with Crippen molar-refractivity contribution in [2.45, 2.75) is 40.8 Å². The van der Waals surface area contributed by atoms with Gasteiger partial charge in [0.05, 0.1) is 35.6 Å². The third-order valence-electron chi connectivity index (χ3n) is 12.2. The van der Waals surface area contributed by atoms with E-state index in [1.807, 2.05) is 21.9 Å². The average molecular weight is 777 g/mol. The summed E-state index contributed by atoms with van der Waals surface area (Å²) >= 11 is 0. The Kier molecular flexibility index (Phi) is 9.14. The number of hydrogen-bond acceptors (Lipinski definition) is 2. The van der Waals surface area contributed by atoms with Crippen LogP contribution in [0.5, 0.6) is 0 Å². The average Bonchev–Trinajstić information content (AvgIpc) is 3.71. The van der Waals surface area contributed by atoms with Crippen molar-refractivity contribution < 1.29 is 9.59 Å². The van der Waals surface area contributed by atoms with Crippen molar-refractivity contribution in [2.24, 2.45) is 0 Å². The summed E-state index contributed by atoms with van der Waals surface area (Å²) in [5, 5.41) is 4.10. The Morgan fingerprint density at radius 3 is 0.950 bits per heavy atom. The highest BCUT2D eigenvalue weighted by Gasteiger charge is 2.49. The molecule has 60 heavy (non-hydrogen) atoms. The third-order valence-corrected chi connectivity index (χ3v) is 12.2. The lowest BCUT2D eigenvalue weighted by Crippen LogP contribution is -2.29. The van der Waals surface area contributed by atoms with Crippen LogP contribution in [0.25, 0.3) is 55.2 Å². The van der Waals surface area contributed by atoms with E-state index in [4.69, 9.17) is 0 Å². The normalized spacial score (nSPS) is 14.0. The fourth-order valence-electron chi connectivity index (χ4n) is 8.99. The number of hydrogen-bond donors (Lipinski definition) is 0. The van der Waals surface area contributed by atoms with Crippen LogP contribution in [0.2, 0.25) is 0 Å². The lowest BCUT2D eigenvalue weighted by atomic mass is 9.91. The molecule has 2 aliphatic rings. The zero-order chi connectivity index (χ0) is 41.1. The summed E-state index contributed by atoms with van der Waals surface area (Å²) in [4.78, 5) is 34.9. The Hall–Kier alpha value is -7.30. The maximum absolute atomic E-state index is 15.6. The Balaban J connectivity index is 1.25. The van der Waals surface area contributed by atoms with Gasteiger partial charge in [-0.05, 0) is 82.6 Å². The molecule has 0 saturated carbocycles. The summed E-state index contributed by atoms with van der Waals surface area (Å²) in [6, 6.07) is 59.1. The van der Waals surface area contributed by atoms with Gasteiger partial charge in [-0.25, -0.2) is 0 Å². The first-order valence-electron chi connectivity index (χ1n) is 20.7. The van der Waals surface area contributed by atoms with Crippen molar-refractivity contribution in [2.75, 3.05) is 0 Å². The van der Waals surface area contributed by atoms with E-state index in [-0.39, 0.29) is 11.8 Å². The van der Waals surface area contributed by atoms with Crippen molar-refractivity contribution in [3.63, 3.8) is 0 Å². The fraction of sp³-hybridized carbons (Fsp3) is 0.107. The first-order chi connectivity index (χ1) is 29.2. The summed E-state index contributed by atoms with van der Waals surface area (Å²) in [6.45, 7) is 8.97. The predicted octanol–water partition coefficient (Wildman–Crippen LogP) is 12.8. The lowest BCUT2D eigenvalue weighted by Gasteiger charge is -2.27. The summed E-state index contributed by atoms with van der Waals surface area (Å²) in [5.74, 6) is -0.345. The van der Waals surface area contributed by atoms with Gasteiger partial charge in [0.25, 0.3) is 11.8 Å². The third kappa shape index (κ3) is 6.33. The van der Waals surface area contributed by atoms with Crippen LogP contribution in [0.15, 0.2) is 181 Å². The number of rotatable bonds is 8. The van der Waals surface area contributed by atoms with Crippen LogP contribution in [0.4, 0.5) is 0 Å². The molecular weight excluding hydrogens is 733 g/mol. The maximum Gasteiger partial charge on any atom is 0.261 e. The topological polar surface area (TPSA) is 40.6 Å². The molecule has 4 nitrogen and oxygen atoms in total.